The predicted octanol–water partition coefficient (Wildman–Crippen LogP) is 4.13. The second kappa shape index (κ2) is 12.8. The van der Waals surface area contributed by atoms with E-state index in [0.717, 1.165) is 27.6 Å². The first-order valence-electron chi connectivity index (χ1n) is 13.6. The second-order valence-electron chi connectivity index (χ2n) is 11.1. The van der Waals surface area contributed by atoms with Crippen LogP contribution in [-0.2, 0) is 20.2 Å². The van der Waals surface area contributed by atoms with E-state index in [1.165, 1.54) is 68.1 Å². The standard InChI is InChI=1S/C14H17N5OS.2C7H8O3S/c1-8-2-10-7-19(5-8)6-9(1)12(10)20-14-18-17-13(21-14)11-3-15-16-4-11;2*1-6-2-4-7(5-3-6)11(8,9)10/h3-4,8-10,12H,1-2,5-7H2,(H,15,16);2*2-5H,1H3,(H,8,9,10). The van der Waals surface area contributed by atoms with Crippen molar-refractivity contribution in [3.8, 4) is 15.8 Å². The van der Waals surface area contributed by atoms with Gasteiger partial charge in [-0.05, 0) is 56.9 Å². The van der Waals surface area contributed by atoms with Gasteiger partial charge >= 0.3 is 0 Å². The molecule has 3 aliphatic heterocycles. The van der Waals surface area contributed by atoms with Crippen LogP contribution in [0, 0.1) is 31.6 Å². The molecule has 2 aromatic carbocycles. The van der Waals surface area contributed by atoms with Gasteiger partial charge in [0.05, 0.1) is 21.6 Å². The van der Waals surface area contributed by atoms with Crippen molar-refractivity contribution in [2.45, 2.75) is 42.6 Å². The lowest BCUT2D eigenvalue weighted by Crippen LogP contribution is -2.61. The molecule has 2 unspecified atom stereocenters. The Morgan fingerprint density at radius 1 is 0.837 bits per heavy atom. The number of ether oxygens (including phenoxy) is 1. The first-order chi connectivity index (χ1) is 20.3. The van der Waals surface area contributed by atoms with E-state index in [-0.39, 0.29) is 9.79 Å². The summed E-state index contributed by atoms with van der Waals surface area (Å²) in [5, 5.41) is 16.8. The Morgan fingerprint density at radius 3 is 1.81 bits per heavy atom. The first-order valence-corrected chi connectivity index (χ1v) is 17.3. The van der Waals surface area contributed by atoms with Crippen molar-refractivity contribution in [2.75, 3.05) is 19.6 Å². The fourth-order valence-electron chi connectivity index (χ4n) is 5.83. The van der Waals surface area contributed by atoms with Gasteiger partial charge in [0.15, 0.2) is 5.01 Å². The van der Waals surface area contributed by atoms with Crippen LogP contribution in [0.25, 0.3) is 10.6 Å². The molecular formula is C28H33N5O7S3. The van der Waals surface area contributed by atoms with Crippen LogP contribution < -0.4 is 4.74 Å². The van der Waals surface area contributed by atoms with Gasteiger partial charge in [-0.2, -0.15) is 21.9 Å². The maximum absolute atomic E-state index is 10.5. The van der Waals surface area contributed by atoms with Crippen LogP contribution in [0.2, 0.25) is 0 Å². The Balaban J connectivity index is 0.000000143. The summed E-state index contributed by atoms with van der Waals surface area (Å²) < 4.78 is 65.4. The molecule has 0 spiro atoms. The number of rotatable bonds is 5. The van der Waals surface area contributed by atoms with E-state index in [9.17, 15) is 16.8 Å². The Morgan fingerprint density at radius 2 is 1.37 bits per heavy atom. The average molecular weight is 648 g/mol. The minimum Gasteiger partial charge on any atom is -0.465 e. The molecule has 4 bridgehead atoms. The molecule has 4 fully saturated rings. The van der Waals surface area contributed by atoms with Gasteiger partial charge in [0.2, 0.25) is 0 Å². The molecular weight excluding hydrogens is 615 g/mol. The zero-order chi connectivity index (χ0) is 30.8. The summed E-state index contributed by atoms with van der Waals surface area (Å²) in [5.74, 6) is 2.26. The summed E-state index contributed by atoms with van der Waals surface area (Å²) in [6.07, 6.45) is 6.58. The van der Waals surface area contributed by atoms with E-state index in [1.807, 2.05) is 20.0 Å². The molecule has 1 aliphatic carbocycles. The summed E-state index contributed by atoms with van der Waals surface area (Å²) in [4.78, 5) is 2.48. The number of aryl methyl sites for hydroxylation is 2. The number of hydrogen-bond donors (Lipinski definition) is 3. The van der Waals surface area contributed by atoms with Crippen LogP contribution in [0.15, 0.2) is 70.7 Å². The highest BCUT2D eigenvalue weighted by Crippen LogP contribution is 2.45. The molecule has 1 saturated carbocycles. The minimum atomic E-state index is -4.02. The Hall–Kier alpha value is -3.21. The molecule has 4 aromatic rings. The van der Waals surface area contributed by atoms with Crippen LogP contribution in [0.4, 0.5) is 0 Å². The van der Waals surface area contributed by atoms with Gasteiger partial charge in [0.1, 0.15) is 6.10 Å². The summed E-state index contributed by atoms with van der Waals surface area (Å²) >= 11 is 1.52. The molecule has 3 saturated heterocycles. The number of H-pyrrole nitrogens is 1. The maximum atomic E-state index is 10.5. The third-order valence-corrected chi connectivity index (χ3v) is 10.3. The first kappa shape index (κ1) is 31.2. The number of hydrogen-bond acceptors (Lipinski definition) is 10. The van der Waals surface area contributed by atoms with E-state index in [4.69, 9.17) is 13.8 Å². The molecule has 0 amide bonds. The Bertz CT molecular complexity index is 1620. The largest absolute Gasteiger partial charge is 0.465 e. The molecule has 2 aromatic heterocycles. The number of benzene rings is 2. The Labute approximate surface area is 254 Å². The number of nitrogens with zero attached hydrogens (tertiary/aromatic N) is 4. The highest BCUT2D eigenvalue weighted by Gasteiger charge is 2.49. The van der Waals surface area contributed by atoms with E-state index in [2.05, 4.69) is 25.3 Å². The molecule has 12 nitrogen and oxygen atoms in total. The zero-order valence-corrected chi connectivity index (χ0v) is 26.0. The molecule has 0 radical (unpaired) electrons. The monoisotopic (exact) mass is 647 g/mol. The Kier molecular flexibility index (Phi) is 9.29. The predicted molar refractivity (Wildman–Crippen MR) is 160 cm³/mol. The van der Waals surface area contributed by atoms with Crippen LogP contribution in [0.5, 0.6) is 5.19 Å². The molecule has 5 heterocycles. The van der Waals surface area contributed by atoms with Crippen molar-refractivity contribution in [3.63, 3.8) is 0 Å². The van der Waals surface area contributed by atoms with Crippen molar-refractivity contribution in [1.29, 1.82) is 0 Å². The second-order valence-corrected chi connectivity index (χ2v) is 14.9. The highest BCUT2D eigenvalue weighted by molar-refractivity contribution is 7.86. The quantitative estimate of drug-likeness (QED) is 0.266. The van der Waals surface area contributed by atoms with Crippen molar-refractivity contribution in [3.05, 3.63) is 72.1 Å². The van der Waals surface area contributed by atoms with E-state index < -0.39 is 20.2 Å². The van der Waals surface area contributed by atoms with E-state index in [1.54, 1.807) is 30.5 Å². The SMILES string of the molecule is Cc1ccc(S(=O)(=O)O)cc1.Cc1ccc(S(=O)(=O)O)cc1.c1n[nH]cc1-c1nnc(OC2C3CC4CC2CN(C4)C3)s1. The molecule has 43 heavy (non-hydrogen) atoms. The van der Waals surface area contributed by atoms with Crippen molar-refractivity contribution < 1.29 is 30.7 Å². The van der Waals surface area contributed by atoms with Gasteiger partial charge in [-0.3, -0.25) is 14.2 Å². The maximum Gasteiger partial charge on any atom is 0.294 e. The fourth-order valence-corrected chi connectivity index (χ4v) is 7.51. The topological polar surface area (TPSA) is 176 Å². The number of nitrogens with one attached hydrogen (secondary N) is 1. The van der Waals surface area contributed by atoms with Crippen LogP contribution in [-0.4, -0.2) is 77.0 Å². The van der Waals surface area contributed by atoms with E-state index >= 15 is 0 Å². The van der Waals surface area contributed by atoms with Crippen molar-refractivity contribution >= 4 is 31.6 Å². The number of piperidine rings is 3. The minimum absolute atomic E-state index is 0.0666. The molecule has 15 heteroatoms. The fraction of sp³-hybridized carbons (Fsp3) is 0.393. The third kappa shape index (κ3) is 8.04. The normalized spacial score (nSPS) is 24.0. The lowest BCUT2D eigenvalue weighted by molar-refractivity contribution is -0.0986. The third-order valence-electron chi connectivity index (χ3n) is 7.73. The van der Waals surface area contributed by atoms with Crippen LogP contribution >= 0.6 is 11.3 Å². The highest BCUT2D eigenvalue weighted by atomic mass is 32.2. The number of aromatic nitrogens is 4. The molecule has 4 aliphatic rings. The van der Waals surface area contributed by atoms with E-state index in [0.29, 0.717) is 23.1 Å². The van der Waals surface area contributed by atoms with Gasteiger partial charge < -0.3 is 9.64 Å². The molecule has 230 valence electrons. The lowest BCUT2D eigenvalue weighted by Gasteiger charge is -2.54. The van der Waals surface area contributed by atoms with Crippen LogP contribution in [0.3, 0.4) is 0 Å². The van der Waals surface area contributed by atoms with Gasteiger partial charge in [-0.15, -0.1) is 5.10 Å². The van der Waals surface area contributed by atoms with Gasteiger partial charge in [-0.25, -0.2) is 0 Å². The summed E-state index contributed by atoms with van der Waals surface area (Å²) in [5.41, 5.74) is 2.88. The molecule has 2 atom stereocenters. The van der Waals surface area contributed by atoms with Crippen LogP contribution in [0.1, 0.15) is 24.0 Å². The molecule has 8 rings (SSSR count). The van der Waals surface area contributed by atoms with Gasteiger partial charge in [0, 0.05) is 37.7 Å². The summed E-state index contributed by atoms with van der Waals surface area (Å²) in [6.45, 7) is 7.39. The summed E-state index contributed by atoms with van der Waals surface area (Å²) in [6, 6.07) is 12.0. The molecule has 3 N–H and O–H groups in total. The number of aromatic amines is 1. The van der Waals surface area contributed by atoms with Gasteiger partial charge in [0.25, 0.3) is 25.4 Å². The van der Waals surface area contributed by atoms with Gasteiger partial charge in [-0.1, -0.05) is 51.8 Å². The average Bonchev–Trinajstić information content (AvgIpc) is 3.63. The van der Waals surface area contributed by atoms with Crippen molar-refractivity contribution in [1.82, 2.24) is 25.3 Å². The van der Waals surface area contributed by atoms with Crippen molar-refractivity contribution in [2.24, 2.45) is 17.8 Å². The summed E-state index contributed by atoms with van der Waals surface area (Å²) in [7, 11) is -8.04. The smallest absolute Gasteiger partial charge is 0.294 e. The zero-order valence-electron chi connectivity index (χ0n) is 23.6. The lowest BCUT2D eigenvalue weighted by atomic mass is 9.66.